The average molecular weight is 151 g/mol. The van der Waals surface area contributed by atoms with E-state index in [1.54, 1.807) is 14.0 Å². The molecule has 0 saturated heterocycles. The molecule has 0 unspecified atom stereocenters. The Morgan fingerprint density at radius 3 is 2.18 bits per heavy atom. The normalized spacial score (nSPS) is 9.27. The molecule has 2 heteroatoms. The van der Waals surface area contributed by atoms with Crippen LogP contribution in [0.1, 0.15) is 12.5 Å². The second-order valence-electron chi connectivity index (χ2n) is 2.31. The zero-order chi connectivity index (χ0) is 8.27. The van der Waals surface area contributed by atoms with Crippen LogP contribution in [0.2, 0.25) is 0 Å². The van der Waals surface area contributed by atoms with Crippen molar-refractivity contribution in [2.24, 2.45) is 0 Å². The fraction of sp³-hybridized carbons (Fsp3) is 0.222. The number of rotatable bonds is 2. The van der Waals surface area contributed by atoms with Crippen molar-refractivity contribution in [1.82, 2.24) is 0 Å². The second-order valence-corrected chi connectivity index (χ2v) is 2.31. The van der Waals surface area contributed by atoms with Gasteiger partial charge >= 0.3 is 5.78 Å². The minimum atomic E-state index is 0.327. The molecule has 0 amide bonds. The van der Waals surface area contributed by atoms with E-state index in [-0.39, 0.29) is 0 Å². The molecule has 11 heavy (non-hydrogen) atoms. The van der Waals surface area contributed by atoms with E-state index in [0.29, 0.717) is 5.78 Å². The maximum Gasteiger partial charge on any atom is 0.320 e. The van der Waals surface area contributed by atoms with Crippen LogP contribution in [0.3, 0.4) is 0 Å². The molecule has 0 aliphatic rings. The molecular weight excluding hydrogens is 140 g/mol. The molecule has 0 aliphatic heterocycles. The minimum absolute atomic E-state index is 0.327. The topological polar surface area (TPSA) is 30.6 Å². The molecule has 1 aromatic carbocycles. The second kappa shape index (κ2) is 3.19. The maximum atomic E-state index is 9.06. The number of benzene rings is 1. The third-order valence-electron chi connectivity index (χ3n) is 1.51. The van der Waals surface area contributed by atoms with Crippen LogP contribution < -0.4 is 4.74 Å². The summed E-state index contributed by atoms with van der Waals surface area (Å²) in [4.78, 5) is 9.06. The highest BCUT2D eigenvalue weighted by atomic mass is 16.5. The molecule has 0 radical (unpaired) electrons. The first-order valence-corrected chi connectivity index (χ1v) is 3.41. The number of hydrogen-bond donors (Lipinski definition) is 0. The zero-order valence-electron chi connectivity index (χ0n) is 6.66. The fourth-order valence-corrected chi connectivity index (χ4v) is 0.832. The molecule has 0 bridgehead atoms. The van der Waals surface area contributed by atoms with E-state index < -0.39 is 0 Å². The molecular formula is C9H11O2+. The van der Waals surface area contributed by atoms with Crippen LogP contribution in [-0.4, -0.2) is 17.7 Å². The molecule has 0 saturated carbocycles. The van der Waals surface area contributed by atoms with E-state index in [0.717, 1.165) is 11.3 Å². The van der Waals surface area contributed by atoms with Gasteiger partial charge in [-0.3, -0.25) is 4.79 Å². The van der Waals surface area contributed by atoms with Crippen molar-refractivity contribution in [2.45, 2.75) is 6.92 Å². The van der Waals surface area contributed by atoms with Gasteiger partial charge in [-0.25, -0.2) is 0 Å². The van der Waals surface area contributed by atoms with Crippen molar-refractivity contribution in [1.29, 1.82) is 0 Å². The number of hydrogen-bond acceptors (Lipinski definition) is 1. The Morgan fingerprint density at radius 1 is 1.27 bits per heavy atom. The molecule has 58 valence electrons. The van der Waals surface area contributed by atoms with Crippen LogP contribution in [-0.2, 0) is 0 Å². The van der Waals surface area contributed by atoms with Gasteiger partial charge in [0.05, 0.1) is 19.6 Å². The molecule has 0 heterocycles. The lowest BCUT2D eigenvalue weighted by atomic mass is 10.1. The number of ketones is 1. The molecule has 0 fully saturated rings. The first-order valence-electron chi connectivity index (χ1n) is 3.41. The molecule has 0 spiro atoms. The van der Waals surface area contributed by atoms with Crippen molar-refractivity contribution in [3.63, 3.8) is 0 Å². The van der Waals surface area contributed by atoms with Crippen LogP contribution in [0.4, 0.5) is 0 Å². The van der Waals surface area contributed by atoms with E-state index in [4.69, 9.17) is 9.53 Å². The summed E-state index contributed by atoms with van der Waals surface area (Å²) in [7, 11) is 1.62. The van der Waals surface area contributed by atoms with Crippen molar-refractivity contribution in [3.05, 3.63) is 29.8 Å². The van der Waals surface area contributed by atoms with Crippen molar-refractivity contribution in [3.8, 4) is 5.75 Å². The fourth-order valence-electron chi connectivity index (χ4n) is 0.832. The molecule has 0 aliphatic carbocycles. The summed E-state index contributed by atoms with van der Waals surface area (Å²) in [5.41, 5.74) is 0.825. The third-order valence-corrected chi connectivity index (χ3v) is 1.51. The number of methoxy groups -OCH3 is 1. The zero-order valence-corrected chi connectivity index (χ0v) is 6.66. The highest BCUT2D eigenvalue weighted by Crippen LogP contribution is 2.10. The van der Waals surface area contributed by atoms with E-state index in [9.17, 15) is 0 Å². The van der Waals surface area contributed by atoms with Crippen LogP contribution in [0.25, 0.3) is 0 Å². The van der Waals surface area contributed by atoms with Crippen molar-refractivity contribution in [2.75, 3.05) is 7.11 Å². The Bertz CT molecular complexity index is 249. The third kappa shape index (κ3) is 1.80. The first-order chi connectivity index (χ1) is 5.24. The van der Waals surface area contributed by atoms with E-state index >= 15 is 0 Å². The van der Waals surface area contributed by atoms with Gasteiger partial charge in [-0.05, 0) is 24.3 Å². The Morgan fingerprint density at radius 2 is 1.82 bits per heavy atom. The minimum Gasteiger partial charge on any atom is -0.497 e. The predicted molar refractivity (Wildman–Crippen MR) is 44.7 cm³/mol. The van der Waals surface area contributed by atoms with Crippen molar-refractivity contribution < 1.29 is 9.53 Å². The lowest BCUT2D eigenvalue weighted by Crippen LogP contribution is -1.92. The molecule has 2 nitrogen and oxygen atoms in total. The molecule has 1 N–H and O–H groups in total. The van der Waals surface area contributed by atoms with Crippen LogP contribution in [0.5, 0.6) is 5.75 Å². The highest BCUT2D eigenvalue weighted by molar-refractivity contribution is 5.94. The Balaban J connectivity index is 2.91. The number of ether oxygens (including phenoxy) is 1. The Labute approximate surface area is 65.8 Å². The Kier molecular flexibility index (Phi) is 2.26. The lowest BCUT2D eigenvalue weighted by Gasteiger charge is -1.97. The van der Waals surface area contributed by atoms with Gasteiger partial charge < -0.3 is 4.74 Å². The van der Waals surface area contributed by atoms with Gasteiger partial charge in [0.15, 0.2) is 0 Å². The van der Waals surface area contributed by atoms with Gasteiger partial charge in [0.1, 0.15) is 5.75 Å². The van der Waals surface area contributed by atoms with Gasteiger partial charge in [0, 0.05) is 0 Å². The van der Waals surface area contributed by atoms with Gasteiger partial charge in [-0.15, -0.1) is 0 Å². The van der Waals surface area contributed by atoms with Crippen LogP contribution in [0, 0.1) is 0 Å². The monoisotopic (exact) mass is 151 g/mol. The summed E-state index contributed by atoms with van der Waals surface area (Å²) in [5.74, 6) is 1.13. The van der Waals surface area contributed by atoms with Gasteiger partial charge in [0.2, 0.25) is 0 Å². The number of carbonyl (C=O) groups excluding carboxylic acids is 1. The largest absolute Gasteiger partial charge is 0.497 e. The lowest BCUT2D eigenvalue weighted by molar-refractivity contribution is 0.415. The summed E-state index contributed by atoms with van der Waals surface area (Å²) >= 11 is 0. The van der Waals surface area contributed by atoms with E-state index in [1.165, 1.54) is 0 Å². The molecule has 0 atom stereocenters. The van der Waals surface area contributed by atoms with E-state index in [2.05, 4.69) is 0 Å². The average Bonchev–Trinajstić information content (AvgIpc) is 2.05. The first kappa shape index (κ1) is 7.79. The van der Waals surface area contributed by atoms with E-state index in [1.807, 2.05) is 24.3 Å². The summed E-state index contributed by atoms with van der Waals surface area (Å²) in [6.45, 7) is 1.65. The van der Waals surface area contributed by atoms with Crippen LogP contribution in [0.15, 0.2) is 24.3 Å². The van der Waals surface area contributed by atoms with Gasteiger partial charge in [-0.1, -0.05) is 0 Å². The predicted octanol–water partition coefficient (Wildman–Crippen LogP) is 1.61. The highest BCUT2D eigenvalue weighted by Gasteiger charge is 2.03. The molecule has 0 aromatic heterocycles. The quantitative estimate of drug-likeness (QED) is 0.466. The molecule has 1 aromatic rings. The molecule has 1 rings (SSSR count). The van der Waals surface area contributed by atoms with Crippen molar-refractivity contribution >= 4 is 5.78 Å². The summed E-state index contributed by atoms with van der Waals surface area (Å²) in [6, 6.07) is 7.26. The standard InChI is InChI=1S/C9H10O2/c1-7(10)8-3-5-9(11-2)6-4-8/h3-6H,1-2H3/p+1. The SMILES string of the molecule is COc1ccc(C(C)=[OH+])cc1. The van der Waals surface area contributed by atoms with Gasteiger partial charge in [-0.2, -0.15) is 0 Å². The smallest absolute Gasteiger partial charge is 0.320 e. The van der Waals surface area contributed by atoms with Gasteiger partial charge in [0.25, 0.3) is 0 Å². The van der Waals surface area contributed by atoms with Crippen LogP contribution >= 0.6 is 0 Å². The summed E-state index contributed by atoms with van der Waals surface area (Å²) in [6.07, 6.45) is 0. The summed E-state index contributed by atoms with van der Waals surface area (Å²) in [5, 5.41) is 0. The Hall–Kier alpha value is -1.31. The summed E-state index contributed by atoms with van der Waals surface area (Å²) < 4.78 is 4.96. The maximum absolute atomic E-state index is 9.06.